The number of hydrogen-bond acceptors (Lipinski definition) is 7. The van der Waals surface area contributed by atoms with Crippen LogP contribution in [0.2, 0.25) is 20.1 Å². The highest BCUT2D eigenvalue weighted by Crippen LogP contribution is 2.65. The molecule has 2 saturated heterocycles. The Balaban J connectivity index is 1.32. The van der Waals surface area contributed by atoms with E-state index in [1.54, 1.807) is 54.6 Å². The van der Waals surface area contributed by atoms with Crippen LogP contribution in [0.3, 0.4) is 0 Å². The molecule has 9 nitrogen and oxygen atoms in total. The normalized spacial score (nSPS) is 26.4. The third kappa shape index (κ3) is 5.48. The largest absolute Gasteiger partial charge is 0.508 e. The quantitative estimate of drug-likeness (QED) is 0.153. The minimum atomic E-state index is -4.77. The summed E-state index contributed by atoms with van der Waals surface area (Å²) in [6, 6.07) is 17.4. The molecule has 54 heavy (non-hydrogen) atoms. The van der Waals surface area contributed by atoms with Gasteiger partial charge in [0.15, 0.2) is 5.82 Å². The van der Waals surface area contributed by atoms with Gasteiger partial charge in [0.05, 0.1) is 39.4 Å². The maximum Gasteiger partial charge on any atom is 0.417 e. The van der Waals surface area contributed by atoms with E-state index >= 15 is 4.79 Å². The van der Waals surface area contributed by atoms with Crippen LogP contribution in [0.4, 0.5) is 24.7 Å². The maximum atomic E-state index is 15.2. The number of nitrogens with one attached hydrogen (secondary N) is 1. The first kappa shape index (κ1) is 36.4. The lowest BCUT2D eigenvalue weighted by Crippen LogP contribution is -2.53. The van der Waals surface area contributed by atoms with E-state index in [9.17, 15) is 32.7 Å². The van der Waals surface area contributed by atoms with Gasteiger partial charge >= 0.3 is 6.18 Å². The molecule has 4 aromatic rings. The first-order chi connectivity index (χ1) is 25.6. The fourth-order valence-electron chi connectivity index (χ4n) is 8.73. The molecule has 2 aliphatic carbocycles. The van der Waals surface area contributed by atoms with E-state index in [0.29, 0.717) is 44.1 Å². The summed E-state index contributed by atoms with van der Waals surface area (Å²) in [6.45, 7) is 0. The second-order valence-electron chi connectivity index (χ2n) is 13.6. The van der Waals surface area contributed by atoms with E-state index in [2.05, 4.69) is 10.4 Å². The summed E-state index contributed by atoms with van der Waals surface area (Å²) in [5.41, 5.74) is 0.951. The number of fused-ring (bicyclic) bond motifs is 4. The van der Waals surface area contributed by atoms with Crippen LogP contribution in [-0.4, -0.2) is 38.7 Å². The Kier molecular flexibility index (Phi) is 8.76. The van der Waals surface area contributed by atoms with Crippen LogP contribution in [0.1, 0.15) is 35.4 Å². The number of pyridine rings is 1. The minimum absolute atomic E-state index is 0.0993. The molecule has 3 heterocycles. The number of hydrogen-bond donors (Lipinski definition) is 2. The number of hydrazine groups is 1. The van der Waals surface area contributed by atoms with Crippen molar-refractivity contribution in [3.8, 4) is 5.75 Å². The van der Waals surface area contributed by atoms with Crippen molar-refractivity contribution in [2.75, 3.05) is 10.3 Å². The molecule has 8 rings (SSSR count). The van der Waals surface area contributed by atoms with Crippen molar-refractivity contribution in [2.24, 2.45) is 23.7 Å². The molecule has 16 heteroatoms. The first-order valence-corrected chi connectivity index (χ1v) is 18.1. The van der Waals surface area contributed by atoms with Gasteiger partial charge in [0.25, 0.3) is 11.8 Å². The van der Waals surface area contributed by atoms with Crippen LogP contribution in [-0.2, 0) is 30.8 Å². The number of aromatic hydroxyl groups is 1. The van der Waals surface area contributed by atoms with Gasteiger partial charge in [-0.3, -0.25) is 29.5 Å². The zero-order valence-electron chi connectivity index (χ0n) is 27.5. The van der Waals surface area contributed by atoms with Gasteiger partial charge in [0, 0.05) is 32.7 Å². The topological polar surface area (TPSA) is 120 Å². The number of rotatable bonds is 5. The highest BCUT2D eigenvalue weighted by Gasteiger charge is 2.70. The molecule has 3 fully saturated rings. The van der Waals surface area contributed by atoms with Crippen LogP contribution >= 0.6 is 46.4 Å². The van der Waals surface area contributed by atoms with Gasteiger partial charge in [0.1, 0.15) is 5.75 Å². The van der Waals surface area contributed by atoms with E-state index in [1.807, 2.05) is 0 Å². The van der Waals surface area contributed by atoms with E-state index in [4.69, 9.17) is 46.4 Å². The zero-order chi connectivity index (χ0) is 38.4. The number of allylic oxidation sites excluding steroid dienone is 2. The maximum absolute atomic E-state index is 15.2. The highest BCUT2D eigenvalue weighted by atomic mass is 35.5. The van der Waals surface area contributed by atoms with Crippen LogP contribution in [0.15, 0.2) is 90.6 Å². The number of amides is 4. The van der Waals surface area contributed by atoms with Gasteiger partial charge in [-0.05, 0) is 85.0 Å². The summed E-state index contributed by atoms with van der Waals surface area (Å²) in [5, 5.41) is 12.6. The number of phenols is 1. The molecule has 276 valence electrons. The molecule has 0 bridgehead atoms. The second kappa shape index (κ2) is 13.0. The van der Waals surface area contributed by atoms with Crippen molar-refractivity contribution in [3.63, 3.8) is 0 Å². The van der Waals surface area contributed by atoms with Gasteiger partial charge in [-0.1, -0.05) is 70.2 Å². The molecular weight excluding hydrogens is 791 g/mol. The molecule has 0 unspecified atom stereocenters. The smallest absolute Gasteiger partial charge is 0.417 e. The third-order valence-electron chi connectivity index (χ3n) is 10.9. The Morgan fingerprint density at radius 2 is 1.46 bits per heavy atom. The first-order valence-electron chi connectivity index (χ1n) is 16.6. The summed E-state index contributed by atoms with van der Waals surface area (Å²) >= 11 is 25.1. The molecular formula is C38H25Cl4F3N4O5. The molecule has 1 saturated carbocycles. The fourth-order valence-corrected chi connectivity index (χ4v) is 9.37. The highest BCUT2D eigenvalue weighted by molar-refractivity contribution is 6.33. The Hall–Kier alpha value is -4.62. The Morgan fingerprint density at radius 1 is 0.815 bits per heavy atom. The van der Waals surface area contributed by atoms with Gasteiger partial charge in [0.2, 0.25) is 11.8 Å². The SMILES string of the molecule is O=C1[C@@H]2C[C@@H]3C(=CC[C@@H]4C(=O)N(c5ccc(Cl)cc5)C(=O)[C@@H]43)[C@H](c3cc(Cl)ccc3O)[C@]2(c2ccc(Cl)cc2)C(=O)N1Nc1ncc(C(F)(F)F)cc1Cl. The average molecular weight is 816 g/mol. The molecule has 1 aromatic heterocycles. The van der Waals surface area contributed by atoms with E-state index < -0.39 is 81.2 Å². The number of carbonyl (C=O) groups excluding carboxylic acids is 4. The number of carbonyl (C=O) groups is 4. The Morgan fingerprint density at radius 3 is 2.11 bits per heavy atom. The van der Waals surface area contributed by atoms with Crippen LogP contribution in [0, 0.1) is 23.7 Å². The summed E-state index contributed by atoms with van der Waals surface area (Å²) in [4.78, 5) is 63.3. The number of aromatic nitrogens is 1. The van der Waals surface area contributed by atoms with Gasteiger partial charge in [-0.25, -0.2) is 4.98 Å². The zero-order valence-corrected chi connectivity index (χ0v) is 30.5. The number of benzene rings is 3. The number of nitrogens with zero attached hydrogens (tertiary/aromatic N) is 3. The average Bonchev–Trinajstić information content (AvgIpc) is 3.51. The van der Waals surface area contributed by atoms with E-state index in [-0.39, 0.29) is 29.2 Å². The van der Waals surface area contributed by atoms with Crippen molar-refractivity contribution in [2.45, 2.75) is 30.4 Å². The van der Waals surface area contributed by atoms with Crippen LogP contribution < -0.4 is 10.3 Å². The number of alkyl halides is 3. The lowest BCUT2D eigenvalue weighted by Gasteiger charge is -2.50. The minimum Gasteiger partial charge on any atom is -0.508 e. The second-order valence-corrected chi connectivity index (χ2v) is 15.3. The van der Waals surface area contributed by atoms with Gasteiger partial charge in [-0.15, -0.1) is 0 Å². The molecule has 0 radical (unpaired) electrons. The lowest BCUT2D eigenvalue weighted by atomic mass is 9.49. The van der Waals surface area contributed by atoms with Crippen molar-refractivity contribution < 1.29 is 37.5 Å². The van der Waals surface area contributed by atoms with Crippen LogP contribution in [0.5, 0.6) is 5.75 Å². The lowest BCUT2D eigenvalue weighted by molar-refractivity contribution is -0.139. The molecule has 6 atom stereocenters. The van der Waals surface area contributed by atoms with Crippen molar-refractivity contribution in [1.82, 2.24) is 9.99 Å². The predicted molar refractivity (Wildman–Crippen MR) is 194 cm³/mol. The third-order valence-corrected chi connectivity index (χ3v) is 12.0. The summed E-state index contributed by atoms with van der Waals surface area (Å²) in [7, 11) is 0. The summed E-state index contributed by atoms with van der Waals surface area (Å²) in [6.07, 6.45) is -2.44. The monoisotopic (exact) mass is 814 g/mol. The standard InChI is InChI=1S/C38H25Cl4F3N4O5/c39-19-3-1-17(2-4-19)37-27(34(52)49(36(37)54)47-32-28(42)13-18(16-46-32)38(43,44)45)15-25-23(31(37)26-14-21(41)7-12-29(26)50)10-11-24-30(25)35(53)48(33(24)51)22-8-5-20(40)6-9-22/h1-10,12-14,16,24-25,27,30-31,50H,11,15H2,(H,46,47)/t24-,25+,27-,30-,31+,37+/m0/s1. The van der Waals surface area contributed by atoms with Gasteiger partial charge in [-0.2, -0.15) is 18.2 Å². The number of phenolic OH excluding ortho intramolecular Hbond substituents is 1. The Labute approximate surface area is 325 Å². The van der Waals surface area contributed by atoms with Crippen molar-refractivity contribution in [1.29, 1.82) is 0 Å². The molecule has 2 N–H and O–H groups in total. The molecule has 0 spiro atoms. The Bertz CT molecular complexity index is 2310. The van der Waals surface area contributed by atoms with Crippen molar-refractivity contribution in [3.05, 3.63) is 127 Å². The number of halogens is 7. The van der Waals surface area contributed by atoms with Crippen LogP contribution in [0.25, 0.3) is 0 Å². The van der Waals surface area contributed by atoms with Gasteiger partial charge < -0.3 is 5.11 Å². The molecule has 3 aromatic carbocycles. The molecule has 4 amide bonds. The molecule has 4 aliphatic rings. The molecule has 2 aliphatic heterocycles. The fraction of sp³-hybridized carbons (Fsp3) is 0.237. The number of imide groups is 2. The summed E-state index contributed by atoms with van der Waals surface area (Å²) < 4.78 is 40.4. The van der Waals surface area contributed by atoms with E-state index in [1.165, 1.54) is 18.2 Å². The van der Waals surface area contributed by atoms with E-state index in [0.717, 1.165) is 4.90 Å². The predicted octanol–water partition coefficient (Wildman–Crippen LogP) is 8.61. The summed E-state index contributed by atoms with van der Waals surface area (Å²) in [5.74, 6) is -8.14. The number of anilines is 2. The van der Waals surface area contributed by atoms with Crippen molar-refractivity contribution >= 4 is 81.5 Å².